The molecule has 2 N–H and O–H groups in total. The molecule has 0 amide bonds. The molecule has 1 rings (SSSR count). The fourth-order valence-electron chi connectivity index (χ4n) is 1.29. The lowest BCUT2D eigenvalue weighted by Gasteiger charge is -2.13. The van der Waals surface area contributed by atoms with Crippen molar-refractivity contribution in [2.75, 3.05) is 12.0 Å². The summed E-state index contributed by atoms with van der Waals surface area (Å²) in [6.45, 7) is 1.78. The summed E-state index contributed by atoms with van der Waals surface area (Å²) in [5.41, 5.74) is -1.88. The Hall–Kier alpha value is -1.50. The molecule has 0 saturated heterocycles. The highest BCUT2D eigenvalue weighted by atomic mass is 32.2. The molecular formula is C9H12N2O4S. The molecule has 0 aliphatic carbocycles. The summed E-state index contributed by atoms with van der Waals surface area (Å²) in [7, 11) is 0. The lowest BCUT2D eigenvalue weighted by Crippen LogP contribution is -2.35. The van der Waals surface area contributed by atoms with Crippen LogP contribution in [0.3, 0.4) is 0 Å². The van der Waals surface area contributed by atoms with Gasteiger partial charge in [0.05, 0.1) is 0 Å². The zero-order chi connectivity index (χ0) is 12.3. The summed E-state index contributed by atoms with van der Waals surface area (Å²) in [6.07, 6.45) is 2.97. The van der Waals surface area contributed by atoms with E-state index in [4.69, 9.17) is 5.11 Å². The highest BCUT2D eigenvalue weighted by molar-refractivity contribution is 7.98. The van der Waals surface area contributed by atoms with Crippen LogP contribution in [0.15, 0.2) is 15.8 Å². The van der Waals surface area contributed by atoms with Crippen LogP contribution >= 0.6 is 11.8 Å². The van der Waals surface area contributed by atoms with Crippen LogP contribution in [0.2, 0.25) is 0 Å². The first-order chi connectivity index (χ1) is 7.47. The van der Waals surface area contributed by atoms with Crippen molar-refractivity contribution >= 4 is 17.7 Å². The second-order valence-corrected chi connectivity index (χ2v) is 4.23. The van der Waals surface area contributed by atoms with Crippen molar-refractivity contribution < 1.29 is 9.90 Å². The quantitative estimate of drug-likeness (QED) is 0.787. The first-order valence-corrected chi connectivity index (χ1v) is 5.94. The van der Waals surface area contributed by atoms with Crippen LogP contribution in [0.1, 0.15) is 23.3 Å². The predicted octanol–water partition coefficient (Wildman–Crippen LogP) is 0.159. The zero-order valence-corrected chi connectivity index (χ0v) is 9.71. The second kappa shape index (κ2) is 5.02. The van der Waals surface area contributed by atoms with E-state index in [1.165, 1.54) is 16.3 Å². The largest absolute Gasteiger partial charge is 0.477 e. The number of thioether (sulfide) groups is 1. The number of aromatic amines is 1. The van der Waals surface area contributed by atoms with Crippen molar-refractivity contribution in [3.63, 3.8) is 0 Å². The molecular weight excluding hydrogens is 232 g/mol. The lowest BCUT2D eigenvalue weighted by molar-refractivity contribution is 0.0693. The minimum absolute atomic E-state index is 0.169. The highest BCUT2D eigenvalue weighted by Gasteiger charge is 2.14. The summed E-state index contributed by atoms with van der Waals surface area (Å²) >= 11 is 1.53. The van der Waals surface area contributed by atoms with Crippen molar-refractivity contribution in [1.29, 1.82) is 0 Å². The number of aromatic carboxylic acids is 1. The highest BCUT2D eigenvalue weighted by Crippen LogP contribution is 2.08. The van der Waals surface area contributed by atoms with Gasteiger partial charge in [-0.25, -0.2) is 9.59 Å². The first kappa shape index (κ1) is 12.6. The van der Waals surface area contributed by atoms with Gasteiger partial charge in [-0.1, -0.05) is 0 Å². The maximum absolute atomic E-state index is 11.4. The minimum Gasteiger partial charge on any atom is -0.477 e. The van der Waals surface area contributed by atoms with Crippen LogP contribution in [-0.4, -0.2) is 32.6 Å². The maximum Gasteiger partial charge on any atom is 0.342 e. The van der Waals surface area contributed by atoms with Crippen LogP contribution in [0.25, 0.3) is 0 Å². The van der Waals surface area contributed by atoms with E-state index in [1.54, 1.807) is 6.92 Å². The molecule has 1 aromatic heterocycles. The van der Waals surface area contributed by atoms with Crippen LogP contribution in [0, 0.1) is 0 Å². The van der Waals surface area contributed by atoms with Crippen LogP contribution in [0.5, 0.6) is 0 Å². The van der Waals surface area contributed by atoms with E-state index in [9.17, 15) is 14.4 Å². The number of nitrogens with zero attached hydrogens (tertiary/aromatic N) is 1. The van der Waals surface area contributed by atoms with Gasteiger partial charge in [0.1, 0.15) is 5.56 Å². The van der Waals surface area contributed by atoms with E-state index in [0.29, 0.717) is 5.75 Å². The smallest absolute Gasteiger partial charge is 0.342 e. The molecule has 0 aliphatic heterocycles. The van der Waals surface area contributed by atoms with Gasteiger partial charge in [-0.2, -0.15) is 11.8 Å². The van der Waals surface area contributed by atoms with Crippen LogP contribution < -0.4 is 11.2 Å². The first-order valence-electron chi connectivity index (χ1n) is 4.55. The third-order valence-corrected chi connectivity index (χ3v) is 2.90. The van der Waals surface area contributed by atoms with E-state index in [0.717, 1.165) is 6.20 Å². The molecule has 0 spiro atoms. The number of hydrogen-bond donors (Lipinski definition) is 2. The van der Waals surface area contributed by atoms with Crippen molar-refractivity contribution in [2.45, 2.75) is 13.0 Å². The van der Waals surface area contributed by atoms with Gasteiger partial charge < -0.3 is 5.11 Å². The zero-order valence-electron chi connectivity index (χ0n) is 8.89. The van der Waals surface area contributed by atoms with E-state index in [1.807, 2.05) is 11.2 Å². The predicted molar refractivity (Wildman–Crippen MR) is 61.4 cm³/mol. The molecule has 0 bridgehead atoms. The second-order valence-electron chi connectivity index (χ2n) is 3.32. The molecule has 0 fully saturated rings. The van der Waals surface area contributed by atoms with Crippen LogP contribution in [-0.2, 0) is 0 Å². The summed E-state index contributed by atoms with van der Waals surface area (Å²) < 4.78 is 1.22. The molecule has 0 radical (unpaired) electrons. The molecule has 1 aromatic rings. The Labute approximate surface area is 95.3 Å². The van der Waals surface area contributed by atoms with Gasteiger partial charge in [0, 0.05) is 18.0 Å². The number of H-pyrrole nitrogens is 1. The Balaban J connectivity index is 3.30. The van der Waals surface area contributed by atoms with E-state index in [2.05, 4.69) is 0 Å². The van der Waals surface area contributed by atoms with E-state index in [-0.39, 0.29) is 6.04 Å². The molecule has 0 saturated carbocycles. The summed E-state index contributed by atoms with van der Waals surface area (Å²) in [5.74, 6) is -0.684. The van der Waals surface area contributed by atoms with Gasteiger partial charge in [-0.05, 0) is 13.2 Å². The Morgan fingerprint density at radius 3 is 2.75 bits per heavy atom. The lowest BCUT2D eigenvalue weighted by atomic mass is 10.3. The van der Waals surface area contributed by atoms with Crippen LogP contribution in [0.4, 0.5) is 0 Å². The van der Waals surface area contributed by atoms with Gasteiger partial charge in [0.2, 0.25) is 0 Å². The number of carboxylic acid groups (broad SMARTS) is 1. The third kappa shape index (κ3) is 2.54. The molecule has 1 unspecified atom stereocenters. The Morgan fingerprint density at radius 1 is 1.62 bits per heavy atom. The van der Waals surface area contributed by atoms with E-state index >= 15 is 0 Å². The van der Waals surface area contributed by atoms with E-state index < -0.39 is 22.8 Å². The molecule has 16 heavy (non-hydrogen) atoms. The Morgan fingerprint density at radius 2 is 2.25 bits per heavy atom. The standard InChI is InChI=1S/C9H12N2O4S/c1-5(4-16-2)11-3-6(8(13)14)7(12)10-9(11)15/h3,5H,4H2,1-2H3,(H,13,14)(H,10,12,15). The number of aromatic nitrogens is 2. The van der Waals surface area contributed by atoms with Crippen molar-refractivity contribution in [3.05, 3.63) is 32.6 Å². The summed E-state index contributed by atoms with van der Waals surface area (Å²) in [6, 6.07) is -0.169. The van der Waals surface area contributed by atoms with Crippen molar-refractivity contribution in [2.24, 2.45) is 0 Å². The number of hydrogen-bond acceptors (Lipinski definition) is 4. The fourth-order valence-corrected chi connectivity index (χ4v) is 1.93. The fraction of sp³-hybridized carbons (Fsp3) is 0.444. The normalized spacial score (nSPS) is 12.4. The van der Waals surface area contributed by atoms with Gasteiger partial charge in [-0.15, -0.1) is 0 Å². The molecule has 6 nitrogen and oxygen atoms in total. The van der Waals surface area contributed by atoms with Gasteiger partial charge in [0.15, 0.2) is 0 Å². The molecule has 1 atom stereocenters. The number of carboxylic acids is 1. The maximum atomic E-state index is 11.4. The molecule has 7 heteroatoms. The SMILES string of the molecule is CSCC(C)n1cc(C(=O)O)c(=O)[nH]c1=O. The van der Waals surface area contributed by atoms with Gasteiger partial charge in [0.25, 0.3) is 5.56 Å². The van der Waals surface area contributed by atoms with Crippen molar-refractivity contribution in [1.82, 2.24) is 9.55 Å². The summed E-state index contributed by atoms with van der Waals surface area (Å²) in [5, 5.41) is 8.75. The average Bonchev–Trinajstić information content (AvgIpc) is 2.17. The monoisotopic (exact) mass is 244 g/mol. The van der Waals surface area contributed by atoms with Gasteiger partial charge >= 0.3 is 11.7 Å². The molecule has 0 aromatic carbocycles. The summed E-state index contributed by atoms with van der Waals surface area (Å²) in [4.78, 5) is 35.3. The van der Waals surface area contributed by atoms with Crippen molar-refractivity contribution in [3.8, 4) is 0 Å². The minimum atomic E-state index is -1.34. The molecule has 88 valence electrons. The Bertz CT molecular complexity index is 505. The third-order valence-electron chi connectivity index (χ3n) is 2.08. The topological polar surface area (TPSA) is 92.2 Å². The number of carbonyl (C=O) groups is 1. The molecule has 1 heterocycles. The number of rotatable bonds is 4. The molecule has 0 aliphatic rings. The number of nitrogens with one attached hydrogen (secondary N) is 1. The Kier molecular flexibility index (Phi) is 3.94. The van der Waals surface area contributed by atoms with Gasteiger partial charge in [-0.3, -0.25) is 14.3 Å². The average molecular weight is 244 g/mol.